The highest BCUT2D eigenvalue weighted by atomic mass is 32.2. The Balaban J connectivity index is 1.30. The number of ether oxygens (including phenoxy) is 3. The van der Waals surface area contributed by atoms with E-state index in [1.54, 1.807) is 0 Å². The molecule has 2 fully saturated rings. The molecule has 9 nitrogen and oxygen atoms in total. The van der Waals surface area contributed by atoms with Crippen molar-refractivity contribution in [2.75, 3.05) is 58.5 Å². The van der Waals surface area contributed by atoms with E-state index < -0.39 is 0 Å². The molecule has 3 N–H and O–H groups in total. The van der Waals surface area contributed by atoms with Gasteiger partial charge >= 0.3 is 0 Å². The molecule has 2 aliphatic rings. The van der Waals surface area contributed by atoms with E-state index in [1.165, 1.54) is 0 Å². The molecule has 33 heavy (non-hydrogen) atoms. The topological polar surface area (TPSA) is 115 Å². The molecule has 0 aromatic heterocycles. The zero-order valence-electron chi connectivity index (χ0n) is 20.1. The van der Waals surface area contributed by atoms with Crippen LogP contribution in [0.25, 0.3) is 0 Å². The first-order valence-electron chi connectivity index (χ1n) is 12.2. The Labute approximate surface area is 201 Å². The van der Waals surface area contributed by atoms with E-state index in [1.807, 2.05) is 25.6 Å². The molecule has 0 aromatic rings. The predicted molar refractivity (Wildman–Crippen MR) is 128 cm³/mol. The maximum Gasteiger partial charge on any atom is 0.222 e. The van der Waals surface area contributed by atoms with Crippen molar-refractivity contribution in [2.24, 2.45) is 11.8 Å². The third-order valence-corrected chi connectivity index (χ3v) is 7.31. The van der Waals surface area contributed by atoms with Crippen LogP contribution in [-0.2, 0) is 28.6 Å². The number of nitrogens with one attached hydrogen (secondary N) is 3. The van der Waals surface area contributed by atoms with Crippen molar-refractivity contribution in [3.8, 4) is 0 Å². The minimum absolute atomic E-state index is 0.0141. The molecule has 0 saturated carbocycles. The summed E-state index contributed by atoms with van der Waals surface area (Å²) in [5.74, 6) is 1.85. The smallest absolute Gasteiger partial charge is 0.222 e. The van der Waals surface area contributed by atoms with Crippen LogP contribution in [-0.4, -0.2) is 87.5 Å². The number of carbonyl (C=O) groups is 3. The highest BCUT2D eigenvalue weighted by molar-refractivity contribution is 8.00. The second-order valence-corrected chi connectivity index (χ2v) is 10.1. The summed E-state index contributed by atoms with van der Waals surface area (Å²) in [6.45, 7) is 7.54. The fourth-order valence-corrected chi connectivity index (χ4v) is 5.53. The summed E-state index contributed by atoms with van der Waals surface area (Å²) in [6, 6.07) is 0.341. The van der Waals surface area contributed by atoms with Gasteiger partial charge in [-0.2, -0.15) is 11.8 Å². The second-order valence-electron chi connectivity index (χ2n) is 8.81. The average molecular weight is 488 g/mol. The highest BCUT2D eigenvalue weighted by Crippen LogP contribution is 2.39. The molecule has 0 aromatic carbocycles. The van der Waals surface area contributed by atoms with Gasteiger partial charge in [0.1, 0.15) is 0 Å². The molecule has 0 aliphatic carbocycles. The molecule has 10 heteroatoms. The van der Waals surface area contributed by atoms with Crippen LogP contribution in [0.15, 0.2) is 0 Å². The van der Waals surface area contributed by atoms with E-state index in [0.717, 1.165) is 25.0 Å². The van der Waals surface area contributed by atoms with Crippen molar-refractivity contribution >= 4 is 29.5 Å². The molecule has 3 atom stereocenters. The van der Waals surface area contributed by atoms with E-state index in [4.69, 9.17) is 14.2 Å². The SMILES string of the molecule is CC(C)C(=O)NCCOCCOCCOCCNC(=O)CCCCC1SCC2CC(=O)NC21. The molecule has 2 saturated heterocycles. The van der Waals surface area contributed by atoms with E-state index in [9.17, 15) is 14.4 Å². The van der Waals surface area contributed by atoms with Gasteiger partial charge in [0.2, 0.25) is 17.7 Å². The van der Waals surface area contributed by atoms with Crippen molar-refractivity contribution in [3.05, 3.63) is 0 Å². The van der Waals surface area contributed by atoms with Gasteiger partial charge in [0.15, 0.2) is 0 Å². The molecule has 2 heterocycles. The molecule has 0 radical (unpaired) electrons. The summed E-state index contributed by atoms with van der Waals surface area (Å²) in [6.07, 6.45) is 4.15. The quantitative estimate of drug-likeness (QED) is 0.248. The molecule has 2 rings (SSSR count). The van der Waals surface area contributed by atoms with Crippen molar-refractivity contribution in [1.82, 2.24) is 16.0 Å². The van der Waals surface area contributed by atoms with Crippen LogP contribution in [0.5, 0.6) is 0 Å². The summed E-state index contributed by atoms with van der Waals surface area (Å²) in [7, 11) is 0. The Morgan fingerprint density at radius 1 is 1.00 bits per heavy atom. The van der Waals surface area contributed by atoms with Gasteiger partial charge in [-0.15, -0.1) is 0 Å². The number of hydrogen-bond acceptors (Lipinski definition) is 7. The van der Waals surface area contributed by atoms with Crippen molar-refractivity contribution < 1.29 is 28.6 Å². The lowest BCUT2D eigenvalue weighted by molar-refractivity contribution is -0.124. The molecular formula is C23H41N3O6S. The van der Waals surface area contributed by atoms with Crippen LogP contribution in [0, 0.1) is 11.8 Å². The number of thioether (sulfide) groups is 1. The Bertz CT molecular complexity index is 607. The standard InChI is InChI=1S/C23H41N3O6S/c1-17(2)23(29)25-8-10-31-12-14-32-13-11-30-9-7-24-20(27)6-4-3-5-19-22-18(16-33-19)15-21(28)26-22/h17-19,22H,3-16H2,1-2H3,(H,24,27)(H,25,29)(H,26,28). The Hall–Kier alpha value is -1.36. The molecule has 3 unspecified atom stereocenters. The number of amides is 3. The monoisotopic (exact) mass is 487 g/mol. The molecule has 0 bridgehead atoms. The number of fused-ring (bicyclic) bond motifs is 1. The largest absolute Gasteiger partial charge is 0.377 e. The lowest BCUT2D eigenvalue weighted by Gasteiger charge is -2.17. The van der Waals surface area contributed by atoms with Gasteiger partial charge in [0.25, 0.3) is 0 Å². The maximum atomic E-state index is 11.9. The summed E-state index contributed by atoms with van der Waals surface area (Å²) >= 11 is 1.96. The van der Waals surface area contributed by atoms with E-state index in [2.05, 4.69) is 16.0 Å². The van der Waals surface area contributed by atoms with Crippen LogP contribution in [0.3, 0.4) is 0 Å². The second kappa shape index (κ2) is 16.3. The zero-order chi connectivity index (χ0) is 23.9. The fraction of sp³-hybridized carbons (Fsp3) is 0.870. The van der Waals surface area contributed by atoms with Gasteiger partial charge in [0, 0.05) is 43.1 Å². The first kappa shape index (κ1) is 27.9. The van der Waals surface area contributed by atoms with Gasteiger partial charge < -0.3 is 30.2 Å². The Morgan fingerprint density at radius 2 is 1.64 bits per heavy atom. The summed E-state index contributed by atoms with van der Waals surface area (Å²) in [5.41, 5.74) is 0. The van der Waals surface area contributed by atoms with Crippen molar-refractivity contribution in [3.63, 3.8) is 0 Å². The third kappa shape index (κ3) is 11.6. The molecule has 190 valence electrons. The fourth-order valence-electron chi connectivity index (χ4n) is 3.88. The Morgan fingerprint density at radius 3 is 2.30 bits per heavy atom. The van der Waals surface area contributed by atoms with E-state index in [-0.39, 0.29) is 23.6 Å². The van der Waals surface area contributed by atoms with Gasteiger partial charge in [0.05, 0.1) is 39.6 Å². The van der Waals surface area contributed by atoms with Crippen LogP contribution < -0.4 is 16.0 Å². The van der Waals surface area contributed by atoms with Gasteiger partial charge in [-0.25, -0.2) is 0 Å². The first-order chi connectivity index (χ1) is 16.0. The lowest BCUT2D eigenvalue weighted by atomic mass is 9.97. The van der Waals surface area contributed by atoms with Gasteiger partial charge in [-0.05, 0) is 24.5 Å². The molecule has 0 spiro atoms. The van der Waals surface area contributed by atoms with E-state index >= 15 is 0 Å². The minimum Gasteiger partial charge on any atom is -0.377 e. The van der Waals surface area contributed by atoms with Crippen molar-refractivity contribution in [2.45, 2.75) is 57.2 Å². The first-order valence-corrected chi connectivity index (χ1v) is 13.2. The van der Waals surface area contributed by atoms with Crippen LogP contribution in [0.1, 0.15) is 46.0 Å². The average Bonchev–Trinajstić information content (AvgIpc) is 3.33. The molecule has 2 aliphatic heterocycles. The molecular weight excluding hydrogens is 446 g/mol. The third-order valence-electron chi connectivity index (χ3n) is 5.73. The lowest BCUT2D eigenvalue weighted by Crippen LogP contribution is -2.34. The van der Waals surface area contributed by atoms with Crippen molar-refractivity contribution in [1.29, 1.82) is 0 Å². The summed E-state index contributed by atoms with van der Waals surface area (Å²) in [4.78, 5) is 34.8. The summed E-state index contributed by atoms with van der Waals surface area (Å²) in [5, 5.41) is 9.28. The predicted octanol–water partition coefficient (Wildman–Crippen LogP) is 1.11. The highest BCUT2D eigenvalue weighted by Gasteiger charge is 2.42. The number of rotatable bonds is 18. The number of unbranched alkanes of at least 4 members (excludes halogenated alkanes) is 1. The number of hydrogen-bond donors (Lipinski definition) is 3. The van der Waals surface area contributed by atoms with Crippen LogP contribution >= 0.6 is 11.8 Å². The van der Waals surface area contributed by atoms with E-state index in [0.29, 0.717) is 82.8 Å². The van der Waals surface area contributed by atoms with Gasteiger partial charge in [-0.1, -0.05) is 20.3 Å². The van der Waals surface area contributed by atoms with Crippen LogP contribution in [0.4, 0.5) is 0 Å². The molecule has 3 amide bonds. The minimum atomic E-state index is -0.0141. The maximum absolute atomic E-state index is 11.9. The number of carbonyl (C=O) groups excluding carboxylic acids is 3. The zero-order valence-corrected chi connectivity index (χ0v) is 20.9. The Kier molecular flexibility index (Phi) is 13.8. The summed E-state index contributed by atoms with van der Waals surface area (Å²) < 4.78 is 16.3. The van der Waals surface area contributed by atoms with Gasteiger partial charge in [-0.3, -0.25) is 14.4 Å². The normalized spacial score (nSPS) is 21.8. The van der Waals surface area contributed by atoms with Crippen LogP contribution in [0.2, 0.25) is 0 Å².